The number of hydrogen-bond donors (Lipinski definition) is 2. The topological polar surface area (TPSA) is 67.2 Å². The van der Waals surface area contributed by atoms with Crippen LogP contribution in [-0.4, -0.2) is 27.2 Å². The Morgan fingerprint density at radius 2 is 2.22 bits per heavy atom. The van der Waals surface area contributed by atoms with E-state index in [1.807, 2.05) is 17.7 Å². The molecule has 102 valence electrons. The fraction of sp³-hybridized carbons (Fsp3) is 0.692. The third kappa shape index (κ3) is 4.39. The third-order valence-electron chi connectivity index (χ3n) is 2.77. The molecule has 0 aromatic carbocycles. The van der Waals surface area contributed by atoms with Crippen LogP contribution in [0.3, 0.4) is 0 Å². The summed E-state index contributed by atoms with van der Waals surface area (Å²) >= 11 is 0. The number of carboxylic acid groups (broad SMARTS) is 1. The molecule has 0 aliphatic carbocycles. The quantitative estimate of drug-likeness (QED) is 0.817. The minimum Gasteiger partial charge on any atom is -0.481 e. The molecule has 0 aliphatic rings. The van der Waals surface area contributed by atoms with Crippen LogP contribution in [0.4, 0.5) is 5.95 Å². The van der Waals surface area contributed by atoms with Crippen molar-refractivity contribution < 1.29 is 9.90 Å². The summed E-state index contributed by atoms with van der Waals surface area (Å²) in [5.41, 5.74) is 0.00488. The normalized spacial score (nSPS) is 13.3. The molecule has 1 atom stereocenters. The first kappa shape index (κ1) is 14.5. The maximum atomic E-state index is 11.2. The van der Waals surface area contributed by atoms with Crippen molar-refractivity contribution in [2.75, 3.05) is 11.9 Å². The van der Waals surface area contributed by atoms with Gasteiger partial charge in [0, 0.05) is 25.5 Å². The number of anilines is 1. The van der Waals surface area contributed by atoms with Gasteiger partial charge in [-0.25, -0.2) is 4.98 Å². The molecule has 1 unspecified atom stereocenters. The summed E-state index contributed by atoms with van der Waals surface area (Å²) in [5.74, 6) is -0.420. The predicted octanol–water partition coefficient (Wildman–Crippen LogP) is 2.45. The summed E-state index contributed by atoms with van der Waals surface area (Å²) in [5, 5.41) is 12.3. The van der Waals surface area contributed by atoms with Gasteiger partial charge in [0.25, 0.3) is 0 Å². The highest BCUT2D eigenvalue weighted by Gasteiger charge is 2.24. The molecule has 2 N–H and O–H groups in total. The van der Waals surface area contributed by atoms with Crippen LogP contribution in [0.15, 0.2) is 12.4 Å². The van der Waals surface area contributed by atoms with E-state index in [1.165, 1.54) is 0 Å². The Bertz CT molecular complexity index is 393. The molecular formula is C13H23N3O2. The maximum Gasteiger partial charge on any atom is 0.308 e. The van der Waals surface area contributed by atoms with Gasteiger partial charge in [-0.2, -0.15) is 0 Å². The first-order valence-corrected chi connectivity index (χ1v) is 6.31. The van der Waals surface area contributed by atoms with Gasteiger partial charge < -0.3 is 15.0 Å². The molecule has 1 aromatic heterocycles. The fourth-order valence-electron chi connectivity index (χ4n) is 1.93. The summed E-state index contributed by atoms with van der Waals surface area (Å²) in [6.07, 6.45) is 4.23. The average molecular weight is 253 g/mol. The van der Waals surface area contributed by atoms with Crippen LogP contribution in [0.2, 0.25) is 0 Å². The van der Waals surface area contributed by atoms with Crippen molar-refractivity contribution in [1.82, 2.24) is 9.55 Å². The Morgan fingerprint density at radius 1 is 1.56 bits per heavy atom. The number of hydrogen-bond acceptors (Lipinski definition) is 3. The van der Waals surface area contributed by atoms with Crippen molar-refractivity contribution in [2.24, 2.45) is 11.3 Å². The van der Waals surface area contributed by atoms with E-state index in [4.69, 9.17) is 0 Å². The summed E-state index contributed by atoms with van der Waals surface area (Å²) in [7, 11) is 0. The monoisotopic (exact) mass is 253 g/mol. The highest BCUT2D eigenvalue weighted by atomic mass is 16.4. The lowest BCUT2D eigenvalue weighted by atomic mass is 9.84. The Hall–Kier alpha value is -1.52. The smallest absolute Gasteiger partial charge is 0.308 e. The average Bonchev–Trinajstić information content (AvgIpc) is 2.69. The number of rotatable bonds is 6. The largest absolute Gasteiger partial charge is 0.481 e. The number of aryl methyl sites for hydroxylation is 1. The Morgan fingerprint density at radius 3 is 2.72 bits per heavy atom. The van der Waals surface area contributed by atoms with Crippen molar-refractivity contribution in [3.63, 3.8) is 0 Å². The van der Waals surface area contributed by atoms with Gasteiger partial charge in [0.05, 0.1) is 5.92 Å². The van der Waals surface area contributed by atoms with E-state index in [1.54, 1.807) is 6.20 Å². The number of imidazole rings is 1. The van der Waals surface area contributed by atoms with Crippen LogP contribution in [0.5, 0.6) is 0 Å². The molecule has 1 aromatic rings. The standard InChI is InChI=1S/C13H23N3O2/c1-5-16-7-6-14-12(16)15-9-10(11(17)18)8-13(2,3)4/h6-7,10H,5,8-9H2,1-4H3,(H,14,15)(H,17,18). The lowest BCUT2D eigenvalue weighted by Crippen LogP contribution is -2.28. The molecule has 0 bridgehead atoms. The Balaban J connectivity index is 2.60. The van der Waals surface area contributed by atoms with Gasteiger partial charge in [0.2, 0.25) is 5.95 Å². The summed E-state index contributed by atoms with van der Waals surface area (Å²) in [6, 6.07) is 0. The number of carbonyl (C=O) groups is 1. The van der Waals surface area contributed by atoms with E-state index in [0.717, 1.165) is 12.5 Å². The number of nitrogens with one attached hydrogen (secondary N) is 1. The molecule has 1 rings (SSSR count). The van der Waals surface area contributed by atoms with E-state index < -0.39 is 11.9 Å². The lowest BCUT2D eigenvalue weighted by Gasteiger charge is -2.23. The molecule has 1 heterocycles. The molecule has 5 nitrogen and oxygen atoms in total. The van der Waals surface area contributed by atoms with Crippen LogP contribution < -0.4 is 5.32 Å². The van der Waals surface area contributed by atoms with Gasteiger partial charge in [0.15, 0.2) is 0 Å². The molecule has 0 aliphatic heterocycles. The maximum absolute atomic E-state index is 11.2. The highest BCUT2D eigenvalue weighted by Crippen LogP contribution is 2.24. The van der Waals surface area contributed by atoms with Crippen molar-refractivity contribution in [1.29, 1.82) is 0 Å². The zero-order valence-corrected chi connectivity index (χ0v) is 11.6. The van der Waals surface area contributed by atoms with Gasteiger partial charge in [-0.1, -0.05) is 20.8 Å². The van der Waals surface area contributed by atoms with Gasteiger partial charge >= 0.3 is 5.97 Å². The minimum atomic E-state index is -0.757. The second kappa shape index (κ2) is 5.89. The fourth-order valence-corrected chi connectivity index (χ4v) is 1.93. The summed E-state index contributed by atoms with van der Waals surface area (Å²) < 4.78 is 1.95. The lowest BCUT2D eigenvalue weighted by molar-refractivity contribution is -0.142. The Kier molecular flexibility index (Phi) is 4.76. The molecule has 5 heteroatoms. The molecule has 0 saturated heterocycles. The van der Waals surface area contributed by atoms with E-state index in [9.17, 15) is 9.90 Å². The summed E-state index contributed by atoms with van der Waals surface area (Å²) in [4.78, 5) is 15.4. The molecule has 18 heavy (non-hydrogen) atoms. The zero-order chi connectivity index (χ0) is 13.8. The zero-order valence-electron chi connectivity index (χ0n) is 11.6. The van der Waals surface area contributed by atoms with E-state index in [2.05, 4.69) is 31.1 Å². The molecule has 0 spiro atoms. The second-order valence-electron chi connectivity index (χ2n) is 5.72. The van der Waals surface area contributed by atoms with Crippen molar-refractivity contribution in [3.05, 3.63) is 12.4 Å². The van der Waals surface area contributed by atoms with Crippen molar-refractivity contribution >= 4 is 11.9 Å². The van der Waals surface area contributed by atoms with E-state index in [0.29, 0.717) is 13.0 Å². The van der Waals surface area contributed by atoms with Gasteiger partial charge in [0.1, 0.15) is 0 Å². The van der Waals surface area contributed by atoms with E-state index >= 15 is 0 Å². The van der Waals surface area contributed by atoms with Crippen molar-refractivity contribution in [3.8, 4) is 0 Å². The molecular weight excluding hydrogens is 230 g/mol. The Labute approximate surface area is 108 Å². The SMILES string of the molecule is CCn1ccnc1NCC(CC(C)(C)C)C(=O)O. The first-order valence-electron chi connectivity index (χ1n) is 6.31. The molecule has 0 amide bonds. The number of nitrogens with zero attached hydrogens (tertiary/aromatic N) is 2. The van der Waals surface area contributed by atoms with Gasteiger partial charge in [-0.15, -0.1) is 0 Å². The number of aliphatic carboxylic acids is 1. The highest BCUT2D eigenvalue weighted by molar-refractivity contribution is 5.70. The third-order valence-corrected chi connectivity index (χ3v) is 2.77. The number of carboxylic acids is 1. The molecule has 0 radical (unpaired) electrons. The van der Waals surface area contributed by atoms with Crippen molar-refractivity contribution in [2.45, 2.75) is 40.7 Å². The number of aromatic nitrogens is 2. The molecule has 0 saturated carbocycles. The second-order valence-corrected chi connectivity index (χ2v) is 5.72. The molecule has 0 fully saturated rings. The van der Waals surface area contributed by atoms with E-state index in [-0.39, 0.29) is 5.41 Å². The van der Waals surface area contributed by atoms with Crippen LogP contribution in [0.1, 0.15) is 34.1 Å². The predicted molar refractivity (Wildman–Crippen MR) is 71.6 cm³/mol. The van der Waals surface area contributed by atoms with Crippen LogP contribution in [0.25, 0.3) is 0 Å². The van der Waals surface area contributed by atoms with Crippen LogP contribution in [0, 0.1) is 11.3 Å². The van der Waals surface area contributed by atoms with Crippen LogP contribution >= 0.6 is 0 Å². The first-order chi connectivity index (χ1) is 8.33. The van der Waals surface area contributed by atoms with Gasteiger partial charge in [-0.3, -0.25) is 4.79 Å². The van der Waals surface area contributed by atoms with Gasteiger partial charge in [-0.05, 0) is 18.8 Å². The minimum absolute atomic E-state index is 0.00488. The summed E-state index contributed by atoms with van der Waals surface area (Å²) in [6.45, 7) is 9.40. The van der Waals surface area contributed by atoms with Crippen LogP contribution in [-0.2, 0) is 11.3 Å².